The number of fused-ring (bicyclic) bond motifs is 1. The summed E-state index contributed by atoms with van der Waals surface area (Å²) in [6, 6.07) is 7.85. The number of halogens is 1. The van der Waals surface area contributed by atoms with Crippen LogP contribution in [0.2, 0.25) is 0 Å². The average molecular weight is 393 g/mol. The summed E-state index contributed by atoms with van der Waals surface area (Å²) in [6.45, 7) is 2.44. The third kappa shape index (κ3) is 3.63. The number of nitrogens with zero attached hydrogens (tertiary/aromatic N) is 1. The van der Waals surface area contributed by atoms with Gasteiger partial charge >= 0.3 is 0 Å². The summed E-state index contributed by atoms with van der Waals surface area (Å²) >= 11 is 5.06. The molecule has 0 aliphatic rings. The van der Waals surface area contributed by atoms with Crippen molar-refractivity contribution in [3.8, 4) is 0 Å². The zero-order chi connectivity index (χ0) is 16.4. The lowest BCUT2D eigenvalue weighted by Crippen LogP contribution is -2.20. The maximum Gasteiger partial charge on any atom is 0.225 e. The molecule has 0 spiro atoms. The molecule has 1 amide bonds. The third-order valence-electron chi connectivity index (χ3n) is 3.76. The van der Waals surface area contributed by atoms with Gasteiger partial charge in [-0.2, -0.15) is 5.10 Å². The number of anilines is 1. The SMILES string of the molecule is Cc1cc(NC(=O)CC(CN)c2ccc(Br)s2)cc2[nH]ncc12. The van der Waals surface area contributed by atoms with Gasteiger partial charge in [-0.25, -0.2) is 0 Å². The quantitative estimate of drug-likeness (QED) is 0.617. The predicted molar refractivity (Wildman–Crippen MR) is 97.9 cm³/mol. The zero-order valence-corrected chi connectivity index (χ0v) is 15.0. The standard InChI is InChI=1S/C16H17BrN4OS/c1-9-4-11(6-13-12(9)8-19-21-13)20-16(22)5-10(7-18)14-2-3-15(17)23-14/h2-4,6,8,10H,5,7,18H2,1H3,(H,19,21)(H,20,22). The number of carbonyl (C=O) groups is 1. The Labute approximate surface area is 146 Å². The third-order valence-corrected chi connectivity index (χ3v) is 5.55. The second-order valence-electron chi connectivity index (χ2n) is 5.45. The molecule has 1 unspecified atom stereocenters. The number of aromatic nitrogens is 2. The molecule has 5 nitrogen and oxygen atoms in total. The molecule has 1 atom stereocenters. The van der Waals surface area contributed by atoms with Crippen molar-refractivity contribution in [3.63, 3.8) is 0 Å². The van der Waals surface area contributed by atoms with Gasteiger partial charge in [-0.3, -0.25) is 9.89 Å². The Kier molecular flexibility index (Phi) is 4.79. The van der Waals surface area contributed by atoms with Gasteiger partial charge in [-0.1, -0.05) is 0 Å². The van der Waals surface area contributed by atoms with Gasteiger partial charge in [0.05, 0.1) is 15.5 Å². The van der Waals surface area contributed by atoms with Gasteiger partial charge in [-0.15, -0.1) is 11.3 Å². The molecule has 0 fully saturated rings. The molecular weight excluding hydrogens is 376 g/mol. The van der Waals surface area contributed by atoms with E-state index in [-0.39, 0.29) is 11.8 Å². The van der Waals surface area contributed by atoms with Crippen molar-refractivity contribution in [2.24, 2.45) is 5.73 Å². The topological polar surface area (TPSA) is 83.8 Å². The number of H-pyrrole nitrogens is 1. The highest BCUT2D eigenvalue weighted by Crippen LogP contribution is 2.30. The Hall–Kier alpha value is -1.70. The Bertz CT molecular complexity index is 842. The molecular formula is C16H17BrN4OS. The largest absolute Gasteiger partial charge is 0.330 e. The number of aromatic amines is 1. The lowest BCUT2D eigenvalue weighted by atomic mass is 10.0. The van der Waals surface area contributed by atoms with Gasteiger partial charge in [0.15, 0.2) is 0 Å². The molecule has 120 valence electrons. The van der Waals surface area contributed by atoms with E-state index < -0.39 is 0 Å². The van der Waals surface area contributed by atoms with Crippen LogP contribution in [0.4, 0.5) is 5.69 Å². The minimum atomic E-state index is -0.0387. The summed E-state index contributed by atoms with van der Waals surface area (Å²) in [7, 11) is 0. The van der Waals surface area contributed by atoms with Crippen molar-refractivity contribution >= 4 is 49.8 Å². The first-order valence-corrected chi connectivity index (χ1v) is 8.86. The fraction of sp³-hybridized carbons (Fsp3) is 0.250. The summed E-state index contributed by atoms with van der Waals surface area (Å²) in [4.78, 5) is 13.5. The van der Waals surface area contributed by atoms with E-state index in [9.17, 15) is 4.79 Å². The van der Waals surface area contributed by atoms with Crippen LogP contribution < -0.4 is 11.1 Å². The number of rotatable bonds is 5. The molecule has 0 saturated heterocycles. The molecule has 2 aromatic heterocycles. The van der Waals surface area contributed by atoms with E-state index in [4.69, 9.17) is 5.73 Å². The number of hydrogen-bond acceptors (Lipinski definition) is 4. The van der Waals surface area contributed by atoms with Gasteiger partial charge in [0.1, 0.15) is 0 Å². The van der Waals surface area contributed by atoms with Crippen molar-refractivity contribution < 1.29 is 4.79 Å². The van der Waals surface area contributed by atoms with Crippen molar-refractivity contribution in [3.05, 3.63) is 44.7 Å². The Balaban J connectivity index is 1.72. The average Bonchev–Trinajstić information content (AvgIpc) is 3.13. The van der Waals surface area contributed by atoms with Crippen molar-refractivity contribution in [2.75, 3.05) is 11.9 Å². The Morgan fingerprint density at radius 3 is 3.00 bits per heavy atom. The lowest BCUT2D eigenvalue weighted by Gasteiger charge is -2.13. The summed E-state index contributed by atoms with van der Waals surface area (Å²) in [5, 5.41) is 11.0. The number of amides is 1. The number of benzene rings is 1. The number of hydrogen-bond donors (Lipinski definition) is 3. The van der Waals surface area contributed by atoms with Crippen molar-refractivity contribution in [1.29, 1.82) is 0 Å². The minimum Gasteiger partial charge on any atom is -0.330 e. The van der Waals surface area contributed by atoms with Crippen LogP contribution in [-0.4, -0.2) is 22.6 Å². The van der Waals surface area contributed by atoms with Gasteiger partial charge in [-0.05, 0) is 52.7 Å². The molecule has 2 heterocycles. The van der Waals surface area contributed by atoms with Gasteiger partial charge in [0, 0.05) is 34.8 Å². The maximum atomic E-state index is 12.3. The molecule has 0 bridgehead atoms. The smallest absolute Gasteiger partial charge is 0.225 e. The van der Waals surface area contributed by atoms with Crippen LogP contribution in [0.15, 0.2) is 34.2 Å². The maximum absolute atomic E-state index is 12.3. The van der Waals surface area contributed by atoms with E-state index >= 15 is 0 Å². The molecule has 0 aliphatic heterocycles. The normalized spacial score (nSPS) is 12.5. The summed E-state index contributed by atoms with van der Waals surface area (Å²) < 4.78 is 1.05. The highest BCUT2D eigenvalue weighted by Gasteiger charge is 2.17. The first-order chi connectivity index (χ1) is 11.1. The fourth-order valence-electron chi connectivity index (χ4n) is 2.58. The first kappa shape index (κ1) is 16.2. The molecule has 3 aromatic rings. The Morgan fingerprint density at radius 1 is 1.48 bits per heavy atom. The van der Waals surface area contributed by atoms with Crippen molar-refractivity contribution in [1.82, 2.24) is 10.2 Å². The summed E-state index contributed by atoms with van der Waals surface area (Å²) in [6.07, 6.45) is 2.15. The van der Waals surface area contributed by atoms with E-state index in [1.807, 2.05) is 31.2 Å². The number of aryl methyl sites for hydroxylation is 1. The van der Waals surface area contributed by atoms with Gasteiger partial charge < -0.3 is 11.1 Å². The molecule has 0 saturated carbocycles. The fourth-order valence-corrected chi connectivity index (χ4v) is 4.12. The minimum absolute atomic E-state index is 0.0308. The van der Waals surface area contributed by atoms with Gasteiger partial charge in [0.25, 0.3) is 0 Å². The number of thiophene rings is 1. The van der Waals surface area contributed by atoms with Gasteiger partial charge in [0.2, 0.25) is 5.91 Å². The first-order valence-electron chi connectivity index (χ1n) is 7.25. The molecule has 23 heavy (non-hydrogen) atoms. The summed E-state index contributed by atoms with van der Waals surface area (Å²) in [5.74, 6) is -0.00785. The molecule has 0 aliphatic carbocycles. The van der Waals surface area contributed by atoms with E-state index in [1.54, 1.807) is 17.5 Å². The number of nitrogens with one attached hydrogen (secondary N) is 2. The number of nitrogens with two attached hydrogens (primary N) is 1. The van der Waals surface area contributed by atoms with E-state index in [2.05, 4.69) is 31.4 Å². The second kappa shape index (κ2) is 6.82. The molecule has 0 radical (unpaired) electrons. The van der Waals surface area contributed by atoms with Crippen LogP contribution in [0.3, 0.4) is 0 Å². The Morgan fingerprint density at radius 2 is 2.30 bits per heavy atom. The second-order valence-corrected chi connectivity index (χ2v) is 7.95. The molecule has 7 heteroatoms. The van der Waals surface area contributed by atoms with E-state index in [0.29, 0.717) is 13.0 Å². The van der Waals surface area contributed by atoms with Crippen molar-refractivity contribution in [2.45, 2.75) is 19.3 Å². The highest BCUT2D eigenvalue weighted by molar-refractivity contribution is 9.11. The van der Waals surface area contributed by atoms with Crippen LogP contribution in [0.25, 0.3) is 10.9 Å². The summed E-state index contributed by atoms with van der Waals surface area (Å²) in [5.41, 5.74) is 8.60. The van der Waals surface area contributed by atoms with Crippen LogP contribution in [0, 0.1) is 6.92 Å². The van der Waals surface area contributed by atoms with E-state index in [1.165, 1.54) is 0 Å². The molecule has 4 N–H and O–H groups in total. The number of carbonyl (C=O) groups excluding carboxylic acids is 1. The van der Waals surface area contributed by atoms with Crippen LogP contribution in [0.5, 0.6) is 0 Å². The van der Waals surface area contributed by atoms with Crippen LogP contribution in [0.1, 0.15) is 22.8 Å². The molecule has 1 aromatic carbocycles. The van der Waals surface area contributed by atoms with Crippen LogP contribution in [-0.2, 0) is 4.79 Å². The molecule has 3 rings (SSSR count). The highest BCUT2D eigenvalue weighted by atomic mass is 79.9. The predicted octanol–water partition coefficient (Wildman–Crippen LogP) is 3.77. The van der Waals surface area contributed by atoms with Crippen LogP contribution >= 0.6 is 27.3 Å². The monoisotopic (exact) mass is 392 g/mol. The lowest BCUT2D eigenvalue weighted by molar-refractivity contribution is -0.116. The zero-order valence-electron chi connectivity index (χ0n) is 12.6. The van der Waals surface area contributed by atoms with E-state index in [0.717, 1.165) is 30.8 Å².